The molecule has 1 N–H and O–H groups in total. The first-order valence-electron chi connectivity index (χ1n) is 7.33. The van der Waals surface area contributed by atoms with Crippen molar-refractivity contribution in [3.8, 4) is 0 Å². The van der Waals surface area contributed by atoms with Crippen LogP contribution in [-0.2, 0) is 0 Å². The quantitative estimate of drug-likeness (QED) is 0.940. The highest BCUT2D eigenvalue weighted by Crippen LogP contribution is 2.28. The van der Waals surface area contributed by atoms with Crippen LogP contribution >= 0.6 is 11.3 Å². The van der Waals surface area contributed by atoms with Crippen molar-refractivity contribution < 1.29 is 4.79 Å². The van der Waals surface area contributed by atoms with Crippen molar-refractivity contribution >= 4 is 28.1 Å². The standard InChI is InChI=1S/C16H19N3OS/c1-12-14(15(20)18-13-8-4-2-5-9-13)21-16(17-12)19-10-6-3-7-11-19/h2,4-5,8-9H,3,6-7,10-11H2,1H3,(H,18,20). The molecule has 1 aromatic heterocycles. The number of nitrogens with zero attached hydrogens (tertiary/aromatic N) is 2. The molecule has 0 aliphatic carbocycles. The average molecular weight is 301 g/mol. The molecule has 2 aromatic rings. The van der Waals surface area contributed by atoms with Crippen LogP contribution < -0.4 is 10.2 Å². The van der Waals surface area contributed by atoms with Gasteiger partial charge in [0.1, 0.15) is 4.88 Å². The van der Waals surface area contributed by atoms with Gasteiger partial charge in [0.2, 0.25) is 0 Å². The fourth-order valence-corrected chi connectivity index (χ4v) is 3.54. The number of hydrogen-bond acceptors (Lipinski definition) is 4. The molecular weight excluding hydrogens is 282 g/mol. The zero-order chi connectivity index (χ0) is 14.7. The molecule has 0 bridgehead atoms. The number of aromatic nitrogens is 1. The maximum absolute atomic E-state index is 12.4. The molecule has 1 aliphatic heterocycles. The zero-order valence-electron chi connectivity index (χ0n) is 12.1. The summed E-state index contributed by atoms with van der Waals surface area (Å²) in [7, 11) is 0. The molecule has 3 rings (SSSR count). The summed E-state index contributed by atoms with van der Waals surface area (Å²) in [5.74, 6) is -0.0699. The first kappa shape index (κ1) is 14.1. The molecule has 2 heterocycles. The average Bonchev–Trinajstić information content (AvgIpc) is 2.91. The number of thiazole rings is 1. The lowest BCUT2D eigenvalue weighted by molar-refractivity contribution is 0.103. The number of benzene rings is 1. The summed E-state index contributed by atoms with van der Waals surface area (Å²) in [6.45, 7) is 4.00. The Kier molecular flexibility index (Phi) is 4.20. The van der Waals surface area contributed by atoms with Gasteiger partial charge in [-0.3, -0.25) is 4.79 Å². The fraction of sp³-hybridized carbons (Fsp3) is 0.375. The molecule has 1 aliphatic rings. The summed E-state index contributed by atoms with van der Waals surface area (Å²) in [6.07, 6.45) is 3.72. The van der Waals surface area contributed by atoms with E-state index in [0.29, 0.717) is 4.88 Å². The lowest BCUT2D eigenvalue weighted by Gasteiger charge is -2.25. The normalized spacial score (nSPS) is 15.0. The third-order valence-corrected chi connectivity index (χ3v) is 4.87. The molecule has 0 unspecified atom stereocenters. The molecule has 1 fully saturated rings. The van der Waals surface area contributed by atoms with Crippen molar-refractivity contribution in [1.82, 2.24) is 4.98 Å². The Balaban J connectivity index is 1.75. The van der Waals surface area contributed by atoms with Crippen LogP contribution in [0, 0.1) is 6.92 Å². The third-order valence-electron chi connectivity index (χ3n) is 3.65. The van der Waals surface area contributed by atoms with E-state index in [1.807, 2.05) is 37.3 Å². The van der Waals surface area contributed by atoms with E-state index in [-0.39, 0.29) is 5.91 Å². The van der Waals surface area contributed by atoms with E-state index in [9.17, 15) is 4.79 Å². The van der Waals surface area contributed by atoms with E-state index < -0.39 is 0 Å². The predicted octanol–water partition coefficient (Wildman–Crippen LogP) is 3.69. The van der Waals surface area contributed by atoms with Gasteiger partial charge in [-0.1, -0.05) is 29.5 Å². The second-order valence-corrected chi connectivity index (χ2v) is 6.26. The minimum absolute atomic E-state index is 0.0699. The van der Waals surface area contributed by atoms with Gasteiger partial charge < -0.3 is 10.2 Å². The molecule has 0 radical (unpaired) electrons. The molecule has 5 heteroatoms. The van der Waals surface area contributed by atoms with E-state index in [1.165, 1.54) is 30.6 Å². The number of aryl methyl sites for hydroxylation is 1. The number of piperidine rings is 1. The Morgan fingerprint density at radius 2 is 1.90 bits per heavy atom. The highest BCUT2D eigenvalue weighted by molar-refractivity contribution is 7.17. The Labute approximate surface area is 128 Å². The summed E-state index contributed by atoms with van der Waals surface area (Å²) < 4.78 is 0. The van der Waals surface area contributed by atoms with E-state index >= 15 is 0 Å². The van der Waals surface area contributed by atoms with Gasteiger partial charge in [0.05, 0.1) is 5.69 Å². The maximum Gasteiger partial charge on any atom is 0.267 e. The van der Waals surface area contributed by atoms with Gasteiger partial charge in [0, 0.05) is 18.8 Å². The molecule has 4 nitrogen and oxygen atoms in total. The van der Waals surface area contributed by atoms with Gasteiger partial charge >= 0.3 is 0 Å². The van der Waals surface area contributed by atoms with Crippen LogP contribution in [0.4, 0.5) is 10.8 Å². The summed E-state index contributed by atoms with van der Waals surface area (Å²) in [4.78, 5) is 20.0. The predicted molar refractivity (Wildman–Crippen MR) is 87.3 cm³/mol. The monoisotopic (exact) mass is 301 g/mol. The number of rotatable bonds is 3. The Morgan fingerprint density at radius 1 is 1.19 bits per heavy atom. The van der Waals surface area contributed by atoms with Crippen molar-refractivity contribution in [2.75, 3.05) is 23.3 Å². The van der Waals surface area contributed by atoms with Crippen molar-refractivity contribution in [2.24, 2.45) is 0 Å². The number of nitrogens with one attached hydrogen (secondary N) is 1. The van der Waals surface area contributed by atoms with Crippen molar-refractivity contribution in [3.63, 3.8) is 0 Å². The van der Waals surface area contributed by atoms with Crippen LogP contribution in [-0.4, -0.2) is 24.0 Å². The molecule has 0 atom stereocenters. The molecular formula is C16H19N3OS. The smallest absolute Gasteiger partial charge is 0.267 e. The molecule has 0 saturated carbocycles. The van der Waals surface area contributed by atoms with E-state index in [1.54, 1.807) is 0 Å². The summed E-state index contributed by atoms with van der Waals surface area (Å²) in [5.41, 5.74) is 1.63. The number of anilines is 2. The number of amides is 1. The van der Waals surface area contributed by atoms with Gasteiger partial charge in [0.15, 0.2) is 5.13 Å². The minimum Gasteiger partial charge on any atom is -0.348 e. The Bertz CT molecular complexity index is 618. The SMILES string of the molecule is Cc1nc(N2CCCCC2)sc1C(=O)Nc1ccccc1. The van der Waals surface area contributed by atoms with Gasteiger partial charge in [0.25, 0.3) is 5.91 Å². The van der Waals surface area contributed by atoms with Gasteiger partial charge in [-0.2, -0.15) is 0 Å². The van der Waals surface area contributed by atoms with Crippen molar-refractivity contribution in [2.45, 2.75) is 26.2 Å². The third kappa shape index (κ3) is 3.24. The van der Waals surface area contributed by atoms with Gasteiger partial charge in [-0.05, 0) is 38.3 Å². The summed E-state index contributed by atoms with van der Waals surface area (Å²) in [6, 6.07) is 9.53. The van der Waals surface area contributed by atoms with Crippen LogP contribution in [0.5, 0.6) is 0 Å². The largest absolute Gasteiger partial charge is 0.348 e. The molecule has 1 amide bonds. The van der Waals surface area contributed by atoms with E-state index in [0.717, 1.165) is 29.6 Å². The molecule has 1 saturated heterocycles. The highest BCUT2D eigenvalue weighted by atomic mass is 32.1. The van der Waals surface area contributed by atoms with E-state index in [2.05, 4.69) is 15.2 Å². The zero-order valence-corrected chi connectivity index (χ0v) is 12.9. The van der Waals surface area contributed by atoms with Crippen LogP contribution in [0.3, 0.4) is 0 Å². The number of para-hydroxylation sites is 1. The minimum atomic E-state index is -0.0699. The molecule has 0 spiro atoms. The summed E-state index contributed by atoms with van der Waals surface area (Å²) >= 11 is 1.50. The van der Waals surface area contributed by atoms with Crippen LogP contribution in [0.1, 0.15) is 34.6 Å². The highest BCUT2D eigenvalue weighted by Gasteiger charge is 2.20. The van der Waals surface area contributed by atoms with Crippen molar-refractivity contribution in [1.29, 1.82) is 0 Å². The van der Waals surface area contributed by atoms with E-state index in [4.69, 9.17) is 0 Å². The van der Waals surface area contributed by atoms with Crippen LogP contribution in [0.25, 0.3) is 0 Å². The molecule has 1 aromatic carbocycles. The molecule has 110 valence electrons. The first-order chi connectivity index (χ1) is 10.2. The van der Waals surface area contributed by atoms with Gasteiger partial charge in [-0.25, -0.2) is 4.98 Å². The summed E-state index contributed by atoms with van der Waals surface area (Å²) in [5, 5.41) is 3.91. The fourth-order valence-electron chi connectivity index (χ4n) is 2.52. The number of hydrogen-bond donors (Lipinski definition) is 1. The second kappa shape index (κ2) is 6.26. The Hall–Kier alpha value is -1.88. The maximum atomic E-state index is 12.4. The Morgan fingerprint density at radius 3 is 2.62 bits per heavy atom. The van der Waals surface area contributed by atoms with Crippen molar-refractivity contribution in [3.05, 3.63) is 40.9 Å². The van der Waals surface area contributed by atoms with Crippen LogP contribution in [0.2, 0.25) is 0 Å². The lowest BCUT2D eigenvalue weighted by Crippen LogP contribution is -2.29. The topological polar surface area (TPSA) is 45.2 Å². The second-order valence-electron chi connectivity index (χ2n) is 5.28. The van der Waals surface area contributed by atoms with Crippen LogP contribution in [0.15, 0.2) is 30.3 Å². The molecule has 21 heavy (non-hydrogen) atoms. The number of carbonyl (C=O) groups excluding carboxylic acids is 1. The number of carbonyl (C=O) groups is 1. The lowest BCUT2D eigenvalue weighted by atomic mass is 10.1. The first-order valence-corrected chi connectivity index (χ1v) is 8.14. The van der Waals surface area contributed by atoms with Gasteiger partial charge in [-0.15, -0.1) is 0 Å².